The van der Waals surface area contributed by atoms with Crippen LogP contribution >= 0.6 is 0 Å². The van der Waals surface area contributed by atoms with Crippen LogP contribution in [0.2, 0.25) is 0 Å². The highest BCUT2D eigenvalue weighted by molar-refractivity contribution is 5.88. The maximum atomic E-state index is 13.3. The zero-order chi connectivity index (χ0) is 21.9. The lowest BCUT2D eigenvalue weighted by atomic mass is 10.1. The Morgan fingerprint density at radius 1 is 0.906 bits per heavy atom. The van der Waals surface area contributed by atoms with Crippen LogP contribution in [0, 0.1) is 6.92 Å². The molecule has 4 nitrogen and oxygen atoms in total. The van der Waals surface area contributed by atoms with E-state index in [0.717, 1.165) is 43.9 Å². The third-order valence-electron chi connectivity index (χ3n) is 6.63. The Balaban J connectivity index is 1.22. The van der Waals surface area contributed by atoms with E-state index >= 15 is 0 Å². The van der Waals surface area contributed by atoms with Gasteiger partial charge in [-0.05, 0) is 49.1 Å². The molecule has 0 aliphatic carbocycles. The first-order valence-corrected chi connectivity index (χ1v) is 11.6. The lowest BCUT2D eigenvalue weighted by molar-refractivity contribution is -0.152. The molecule has 0 spiro atoms. The van der Waals surface area contributed by atoms with Gasteiger partial charge in [0.15, 0.2) is 0 Å². The first-order valence-electron chi connectivity index (χ1n) is 11.6. The van der Waals surface area contributed by atoms with Crippen molar-refractivity contribution >= 4 is 17.3 Å². The highest BCUT2D eigenvalue weighted by Gasteiger charge is 2.37. The van der Waals surface area contributed by atoms with Crippen LogP contribution in [0.25, 0.3) is 0 Å². The summed E-state index contributed by atoms with van der Waals surface area (Å²) in [5, 5.41) is 0. The SMILES string of the molecule is Cc1ccc(CN2CCC(OC(=O)C3Cc4ccccc4N3c3ccccc3)CC2)cc1. The molecule has 2 aliphatic rings. The van der Waals surface area contributed by atoms with Crippen LogP contribution in [-0.4, -0.2) is 36.1 Å². The largest absolute Gasteiger partial charge is 0.461 e. The number of carbonyl (C=O) groups is 1. The fourth-order valence-electron chi connectivity index (χ4n) is 4.86. The lowest BCUT2D eigenvalue weighted by Crippen LogP contribution is -2.42. The number of anilines is 2. The molecule has 1 atom stereocenters. The van der Waals surface area contributed by atoms with Gasteiger partial charge in [-0.15, -0.1) is 0 Å². The van der Waals surface area contributed by atoms with Crippen molar-refractivity contribution in [3.05, 3.63) is 95.6 Å². The molecule has 32 heavy (non-hydrogen) atoms. The first kappa shape index (κ1) is 20.8. The molecule has 2 heterocycles. The van der Waals surface area contributed by atoms with E-state index < -0.39 is 0 Å². The molecule has 0 saturated carbocycles. The van der Waals surface area contributed by atoms with E-state index in [1.165, 1.54) is 16.7 Å². The standard InChI is InChI=1S/C28H30N2O2/c1-21-11-13-22(14-12-21)20-29-17-15-25(16-18-29)32-28(31)27-19-23-7-5-6-10-26(23)30(27)24-8-3-2-4-9-24/h2-14,25,27H,15-20H2,1H3. The van der Waals surface area contributed by atoms with Gasteiger partial charge in [0.1, 0.15) is 12.1 Å². The van der Waals surface area contributed by atoms with Crippen molar-refractivity contribution in [2.24, 2.45) is 0 Å². The fourth-order valence-corrected chi connectivity index (χ4v) is 4.86. The van der Waals surface area contributed by atoms with Crippen LogP contribution in [0.15, 0.2) is 78.9 Å². The molecule has 0 aromatic heterocycles. The number of ether oxygens (including phenoxy) is 1. The van der Waals surface area contributed by atoms with Crippen LogP contribution in [0.3, 0.4) is 0 Å². The molecule has 1 fully saturated rings. The smallest absolute Gasteiger partial charge is 0.329 e. The molecule has 3 aromatic rings. The second-order valence-corrected chi connectivity index (χ2v) is 8.95. The molecule has 1 saturated heterocycles. The molecule has 0 amide bonds. The number of piperidine rings is 1. The van der Waals surface area contributed by atoms with Crippen LogP contribution < -0.4 is 4.90 Å². The number of fused-ring (bicyclic) bond motifs is 1. The Morgan fingerprint density at radius 3 is 2.34 bits per heavy atom. The fraction of sp³-hybridized carbons (Fsp3) is 0.321. The maximum absolute atomic E-state index is 13.3. The van der Waals surface area contributed by atoms with E-state index in [2.05, 4.69) is 65.3 Å². The Labute approximate surface area is 190 Å². The number of likely N-dealkylation sites (tertiary alicyclic amines) is 1. The van der Waals surface area contributed by atoms with Crippen LogP contribution in [0.1, 0.15) is 29.5 Å². The van der Waals surface area contributed by atoms with Crippen LogP contribution in [0.5, 0.6) is 0 Å². The van der Waals surface area contributed by atoms with Crippen molar-refractivity contribution in [1.82, 2.24) is 4.90 Å². The van der Waals surface area contributed by atoms with Crippen molar-refractivity contribution < 1.29 is 9.53 Å². The van der Waals surface area contributed by atoms with Crippen molar-refractivity contribution in [1.29, 1.82) is 0 Å². The minimum atomic E-state index is -0.305. The summed E-state index contributed by atoms with van der Waals surface area (Å²) in [7, 11) is 0. The summed E-state index contributed by atoms with van der Waals surface area (Å²) in [6.45, 7) is 4.99. The molecule has 1 unspecified atom stereocenters. The van der Waals surface area contributed by atoms with Gasteiger partial charge in [0.05, 0.1) is 0 Å². The number of para-hydroxylation sites is 2. The monoisotopic (exact) mass is 426 g/mol. The highest BCUT2D eigenvalue weighted by Crippen LogP contribution is 2.38. The van der Waals surface area contributed by atoms with Gasteiger partial charge < -0.3 is 9.64 Å². The minimum absolute atomic E-state index is 0.00176. The van der Waals surface area contributed by atoms with Crippen LogP contribution in [-0.2, 0) is 22.5 Å². The maximum Gasteiger partial charge on any atom is 0.329 e. The third-order valence-corrected chi connectivity index (χ3v) is 6.63. The van der Waals surface area contributed by atoms with Gasteiger partial charge >= 0.3 is 5.97 Å². The molecule has 5 rings (SSSR count). The third kappa shape index (κ3) is 4.42. The Kier molecular flexibility index (Phi) is 5.95. The number of rotatable bonds is 5. The molecule has 4 heteroatoms. The average molecular weight is 427 g/mol. The second kappa shape index (κ2) is 9.17. The second-order valence-electron chi connectivity index (χ2n) is 8.95. The van der Waals surface area contributed by atoms with Gasteiger partial charge in [-0.25, -0.2) is 4.79 Å². The van der Waals surface area contributed by atoms with Crippen molar-refractivity contribution in [3.8, 4) is 0 Å². The molecule has 164 valence electrons. The molecule has 0 N–H and O–H groups in total. The van der Waals surface area contributed by atoms with E-state index in [1.54, 1.807) is 0 Å². The predicted octanol–water partition coefficient (Wildman–Crippen LogP) is 5.27. The van der Waals surface area contributed by atoms with Gasteiger partial charge in [-0.3, -0.25) is 4.90 Å². The Bertz CT molecular complexity index is 1060. The zero-order valence-corrected chi connectivity index (χ0v) is 18.6. The summed E-state index contributed by atoms with van der Waals surface area (Å²) in [5.41, 5.74) is 5.97. The van der Waals surface area contributed by atoms with E-state index in [-0.39, 0.29) is 18.1 Å². The van der Waals surface area contributed by atoms with E-state index in [0.29, 0.717) is 6.42 Å². The van der Waals surface area contributed by atoms with Crippen molar-refractivity contribution in [2.75, 3.05) is 18.0 Å². The van der Waals surface area contributed by atoms with Gasteiger partial charge in [-0.2, -0.15) is 0 Å². The number of hydrogen-bond acceptors (Lipinski definition) is 4. The van der Waals surface area contributed by atoms with Gasteiger partial charge in [0.25, 0.3) is 0 Å². The van der Waals surface area contributed by atoms with Crippen molar-refractivity contribution in [3.63, 3.8) is 0 Å². The number of hydrogen-bond donors (Lipinski definition) is 0. The molecular formula is C28H30N2O2. The molecule has 2 aliphatic heterocycles. The van der Waals surface area contributed by atoms with Gasteiger partial charge in [0.2, 0.25) is 0 Å². The summed E-state index contributed by atoms with van der Waals surface area (Å²) >= 11 is 0. The van der Waals surface area contributed by atoms with Gasteiger partial charge in [-0.1, -0.05) is 66.2 Å². The van der Waals surface area contributed by atoms with Crippen molar-refractivity contribution in [2.45, 2.75) is 44.9 Å². The number of aryl methyl sites for hydroxylation is 1. The summed E-state index contributed by atoms with van der Waals surface area (Å²) < 4.78 is 6.07. The normalized spacial score (nSPS) is 19.0. The topological polar surface area (TPSA) is 32.8 Å². The molecular weight excluding hydrogens is 396 g/mol. The zero-order valence-electron chi connectivity index (χ0n) is 18.6. The van der Waals surface area contributed by atoms with Crippen LogP contribution in [0.4, 0.5) is 11.4 Å². The molecule has 3 aromatic carbocycles. The number of nitrogens with zero attached hydrogens (tertiary/aromatic N) is 2. The Morgan fingerprint density at radius 2 is 1.59 bits per heavy atom. The van der Waals surface area contributed by atoms with E-state index in [9.17, 15) is 4.79 Å². The van der Waals surface area contributed by atoms with E-state index in [1.807, 2.05) is 30.3 Å². The number of benzene rings is 3. The number of carbonyl (C=O) groups excluding carboxylic acids is 1. The number of esters is 1. The highest BCUT2D eigenvalue weighted by atomic mass is 16.5. The van der Waals surface area contributed by atoms with E-state index in [4.69, 9.17) is 4.74 Å². The minimum Gasteiger partial charge on any atom is -0.461 e. The predicted molar refractivity (Wildman–Crippen MR) is 128 cm³/mol. The summed E-state index contributed by atoms with van der Waals surface area (Å²) in [6, 6.07) is 26.9. The molecule has 0 bridgehead atoms. The Hall–Kier alpha value is -3.11. The van der Waals surface area contributed by atoms with Gasteiger partial charge in [0, 0.05) is 37.4 Å². The summed E-state index contributed by atoms with van der Waals surface area (Å²) in [4.78, 5) is 17.9. The molecule has 0 radical (unpaired) electrons. The lowest BCUT2D eigenvalue weighted by Gasteiger charge is -2.33. The first-order chi connectivity index (χ1) is 15.7. The quantitative estimate of drug-likeness (QED) is 0.521. The summed E-state index contributed by atoms with van der Waals surface area (Å²) in [6.07, 6.45) is 2.47. The summed E-state index contributed by atoms with van der Waals surface area (Å²) in [5.74, 6) is -0.109. The average Bonchev–Trinajstić information content (AvgIpc) is 3.22.